The van der Waals surface area contributed by atoms with Crippen LogP contribution in [0.25, 0.3) is 6.08 Å². The van der Waals surface area contributed by atoms with Gasteiger partial charge in [-0.05, 0) is 79.9 Å². The van der Waals surface area contributed by atoms with Crippen LogP contribution in [-0.4, -0.2) is 0 Å². The van der Waals surface area contributed by atoms with Gasteiger partial charge in [-0.3, -0.25) is 0 Å². The van der Waals surface area contributed by atoms with Gasteiger partial charge in [-0.2, -0.15) is 22.0 Å². The number of halogens is 8. The second kappa shape index (κ2) is 14.0. The maximum absolute atomic E-state index is 14.7. The third-order valence-corrected chi connectivity index (χ3v) is 8.50. The minimum Gasteiger partial charge on any atom is -0.429 e. The molecule has 0 aliphatic heterocycles. The number of hydrogen-bond donors (Lipinski definition) is 0. The lowest BCUT2D eigenvalue weighted by Crippen LogP contribution is -2.25. The summed E-state index contributed by atoms with van der Waals surface area (Å²) in [6.07, 6.45) is 8.62. The Kier molecular flexibility index (Phi) is 10.6. The smallest absolute Gasteiger partial charge is 0.429 e. The van der Waals surface area contributed by atoms with Gasteiger partial charge in [0, 0.05) is 12.1 Å². The van der Waals surface area contributed by atoms with E-state index in [1.54, 1.807) is 6.08 Å². The van der Waals surface area contributed by atoms with Crippen LogP contribution in [0.5, 0.6) is 11.5 Å². The van der Waals surface area contributed by atoms with Gasteiger partial charge in [-0.1, -0.05) is 50.8 Å². The van der Waals surface area contributed by atoms with Crippen LogP contribution in [-0.2, 0) is 6.11 Å². The van der Waals surface area contributed by atoms with E-state index in [-0.39, 0.29) is 12.1 Å². The molecule has 0 bridgehead atoms. The summed E-state index contributed by atoms with van der Waals surface area (Å²) in [5, 5.41) is 0. The Morgan fingerprint density at radius 2 is 1.43 bits per heavy atom. The average Bonchev–Trinajstić information content (AvgIpc) is 2.94. The van der Waals surface area contributed by atoms with Crippen LogP contribution in [0, 0.1) is 41.1 Å². The molecule has 0 heterocycles. The van der Waals surface area contributed by atoms with Gasteiger partial charge in [0.2, 0.25) is 5.75 Å². The third kappa shape index (κ3) is 8.07. The van der Waals surface area contributed by atoms with E-state index in [2.05, 4.69) is 16.4 Å². The summed E-state index contributed by atoms with van der Waals surface area (Å²) in [7, 11) is 0. The van der Waals surface area contributed by atoms with Gasteiger partial charge in [-0.25, -0.2) is 13.2 Å². The van der Waals surface area contributed by atoms with Crippen LogP contribution < -0.4 is 9.47 Å². The van der Waals surface area contributed by atoms with E-state index in [0.29, 0.717) is 11.5 Å². The van der Waals surface area contributed by atoms with Crippen molar-refractivity contribution in [3.8, 4) is 11.5 Å². The van der Waals surface area contributed by atoms with Gasteiger partial charge in [0.1, 0.15) is 11.6 Å². The number of hydrogen-bond acceptors (Lipinski definition) is 2. The first-order valence-electron chi connectivity index (χ1n) is 14.4. The molecular formula is C32H34F8O2. The molecule has 0 saturated heterocycles. The third-order valence-electron chi connectivity index (χ3n) is 8.50. The highest BCUT2D eigenvalue weighted by molar-refractivity contribution is 5.51. The van der Waals surface area contributed by atoms with Crippen LogP contribution >= 0.6 is 0 Å². The standard InChI is InChI=1S/C32H34F8O2/c1-2-3-19-6-11-22(12-7-19)23-13-8-20(9-14-23)4-5-21-10-15-25(26(33)16-21)32(39,40)42-24-17-27(34)29(28(35)18-24)41-31(38)30(36)37/h4-5,10,15-20,22-23H,2-3,6-9,11-14H2,1H3/b5-4+. The number of alkyl halides is 2. The second-order valence-electron chi connectivity index (χ2n) is 11.3. The number of ether oxygens (including phenoxy) is 2. The van der Waals surface area contributed by atoms with Crippen molar-refractivity contribution in [2.45, 2.75) is 77.2 Å². The summed E-state index contributed by atoms with van der Waals surface area (Å²) in [6.45, 7) is 2.24. The van der Waals surface area contributed by atoms with Crippen molar-refractivity contribution in [2.75, 3.05) is 0 Å². The molecule has 2 aromatic rings. The molecule has 0 radical (unpaired) electrons. The molecule has 0 unspecified atom stereocenters. The first-order chi connectivity index (χ1) is 20.0. The molecule has 0 aromatic heterocycles. The Morgan fingerprint density at radius 1 is 0.833 bits per heavy atom. The lowest BCUT2D eigenvalue weighted by Gasteiger charge is -2.37. The second-order valence-corrected chi connectivity index (χ2v) is 11.3. The SMILES string of the molecule is CCCC1CCC(C2CCC(/C=C/c3ccc(C(F)(F)Oc4cc(F)c(OC(F)=C(F)F)c(F)c4)c(F)c3)CC2)CC1. The van der Waals surface area contributed by atoms with Crippen molar-refractivity contribution in [3.63, 3.8) is 0 Å². The zero-order chi connectivity index (χ0) is 30.4. The molecule has 2 aliphatic carbocycles. The highest BCUT2D eigenvalue weighted by Gasteiger charge is 2.38. The summed E-state index contributed by atoms with van der Waals surface area (Å²) >= 11 is 0. The Hall–Kier alpha value is -3.04. The van der Waals surface area contributed by atoms with Crippen LogP contribution in [0.2, 0.25) is 0 Å². The first kappa shape index (κ1) is 31.9. The van der Waals surface area contributed by atoms with Crippen molar-refractivity contribution in [3.05, 3.63) is 77.1 Å². The van der Waals surface area contributed by atoms with Gasteiger partial charge in [0.25, 0.3) is 0 Å². The number of allylic oxidation sites excluding steroid dienone is 1. The van der Waals surface area contributed by atoms with Gasteiger partial charge < -0.3 is 9.47 Å². The largest absolute Gasteiger partial charge is 0.429 e. The quantitative estimate of drug-likeness (QED) is 0.199. The van der Waals surface area contributed by atoms with E-state index in [0.717, 1.165) is 55.6 Å². The summed E-state index contributed by atoms with van der Waals surface area (Å²) in [4.78, 5) is 0. The molecule has 230 valence electrons. The Bertz CT molecular complexity index is 1250. The van der Waals surface area contributed by atoms with Gasteiger partial charge in [-0.15, -0.1) is 0 Å². The van der Waals surface area contributed by atoms with E-state index in [1.165, 1.54) is 44.6 Å². The highest BCUT2D eigenvalue weighted by Crippen LogP contribution is 2.43. The monoisotopic (exact) mass is 602 g/mol. The van der Waals surface area contributed by atoms with E-state index >= 15 is 0 Å². The molecule has 0 amide bonds. The lowest BCUT2D eigenvalue weighted by atomic mass is 9.68. The normalized spacial score (nSPS) is 23.2. The van der Waals surface area contributed by atoms with Crippen LogP contribution in [0.1, 0.15) is 82.3 Å². The number of rotatable bonds is 10. The fourth-order valence-corrected chi connectivity index (χ4v) is 6.31. The molecular weight excluding hydrogens is 568 g/mol. The topological polar surface area (TPSA) is 18.5 Å². The van der Waals surface area contributed by atoms with E-state index in [4.69, 9.17) is 0 Å². The fourth-order valence-electron chi connectivity index (χ4n) is 6.31. The van der Waals surface area contributed by atoms with Crippen molar-refractivity contribution in [2.24, 2.45) is 23.7 Å². The predicted molar refractivity (Wildman–Crippen MR) is 143 cm³/mol. The summed E-state index contributed by atoms with van der Waals surface area (Å²) in [6, 6.07) is 0.812. The Labute approximate surface area is 240 Å². The van der Waals surface area contributed by atoms with Crippen molar-refractivity contribution < 1.29 is 44.6 Å². The van der Waals surface area contributed by atoms with Gasteiger partial charge in [0.05, 0.1) is 5.56 Å². The first-order valence-corrected chi connectivity index (χ1v) is 14.4. The lowest BCUT2D eigenvalue weighted by molar-refractivity contribution is -0.187. The maximum Gasteiger partial charge on any atom is 0.429 e. The van der Waals surface area contributed by atoms with Crippen LogP contribution in [0.3, 0.4) is 0 Å². The Balaban J connectivity index is 1.34. The minimum atomic E-state index is -4.35. The Morgan fingerprint density at radius 3 is 1.98 bits per heavy atom. The number of benzene rings is 2. The zero-order valence-electron chi connectivity index (χ0n) is 23.3. The molecule has 2 saturated carbocycles. The molecule has 0 atom stereocenters. The highest BCUT2D eigenvalue weighted by atomic mass is 19.3. The van der Waals surface area contributed by atoms with E-state index < -0.39 is 52.7 Å². The molecule has 2 nitrogen and oxygen atoms in total. The summed E-state index contributed by atoms with van der Waals surface area (Å²) in [5.41, 5.74) is -0.805. The van der Waals surface area contributed by atoms with Crippen molar-refractivity contribution in [1.29, 1.82) is 0 Å². The predicted octanol–water partition coefficient (Wildman–Crippen LogP) is 11.1. The molecule has 2 aromatic carbocycles. The van der Waals surface area contributed by atoms with Crippen molar-refractivity contribution in [1.82, 2.24) is 0 Å². The van der Waals surface area contributed by atoms with Crippen LogP contribution in [0.4, 0.5) is 35.1 Å². The van der Waals surface area contributed by atoms with Crippen LogP contribution in [0.15, 0.2) is 48.5 Å². The molecule has 0 spiro atoms. The fraction of sp³-hybridized carbons (Fsp3) is 0.500. The zero-order valence-corrected chi connectivity index (χ0v) is 23.3. The average molecular weight is 603 g/mol. The summed E-state index contributed by atoms with van der Waals surface area (Å²) < 4.78 is 117. The van der Waals surface area contributed by atoms with Gasteiger partial charge in [0.15, 0.2) is 11.6 Å². The van der Waals surface area contributed by atoms with E-state index in [1.807, 2.05) is 6.08 Å². The molecule has 42 heavy (non-hydrogen) atoms. The molecule has 2 fully saturated rings. The van der Waals surface area contributed by atoms with Gasteiger partial charge >= 0.3 is 18.2 Å². The molecule has 10 heteroatoms. The molecule has 0 N–H and O–H groups in total. The molecule has 2 aliphatic rings. The van der Waals surface area contributed by atoms with E-state index in [9.17, 15) is 35.1 Å². The molecule has 4 rings (SSSR count). The summed E-state index contributed by atoms with van der Waals surface area (Å²) in [5.74, 6) is -4.78. The maximum atomic E-state index is 14.7. The van der Waals surface area contributed by atoms with Crippen molar-refractivity contribution >= 4 is 6.08 Å². The minimum absolute atomic E-state index is 0.178.